The number of carbonyl (C=O) groups excluding carboxylic acids is 1. The minimum Gasteiger partial charge on any atom is -0.467 e. The molecule has 3 rings (SSSR count). The van der Waals surface area contributed by atoms with E-state index in [4.69, 9.17) is 4.42 Å². The lowest BCUT2D eigenvalue weighted by molar-refractivity contribution is 0.0937. The number of aromatic amines is 1. The number of hydrogen-bond donors (Lipinski definition) is 2. The van der Waals surface area contributed by atoms with Crippen LogP contribution in [-0.4, -0.2) is 10.9 Å². The van der Waals surface area contributed by atoms with Gasteiger partial charge in [-0.05, 0) is 36.8 Å². The fourth-order valence-electron chi connectivity index (χ4n) is 2.38. The van der Waals surface area contributed by atoms with E-state index < -0.39 is 17.5 Å². The molecule has 2 heterocycles. The summed E-state index contributed by atoms with van der Waals surface area (Å²) in [5.74, 6) is 0.157. The highest BCUT2D eigenvalue weighted by atomic mass is 16.3. The molecule has 116 valence electrons. The zero-order valence-electron chi connectivity index (χ0n) is 12.6. The van der Waals surface area contributed by atoms with Crippen LogP contribution in [0.3, 0.4) is 0 Å². The Morgan fingerprint density at radius 2 is 1.87 bits per heavy atom. The van der Waals surface area contributed by atoms with Crippen molar-refractivity contribution in [1.82, 2.24) is 10.3 Å². The number of nitrogens with one attached hydrogen (secondary N) is 2. The Morgan fingerprint density at radius 3 is 2.52 bits per heavy atom. The molecule has 1 amide bonds. The third kappa shape index (κ3) is 3.23. The van der Waals surface area contributed by atoms with Crippen LogP contribution in [0, 0.1) is 6.92 Å². The molecule has 5 nitrogen and oxygen atoms in total. The largest absolute Gasteiger partial charge is 0.467 e. The quantitative estimate of drug-likeness (QED) is 0.778. The van der Waals surface area contributed by atoms with Crippen LogP contribution >= 0.6 is 0 Å². The average molecular weight is 308 g/mol. The minimum absolute atomic E-state index is 0.0723. The Hall–Kier alpha value is -3.08. The number of furan rings is 1. The van der Waals surface area contributed by atoms with Crippen LogP contribution in [0.15, 0.2) is 70.1 Å². The number of aromatic nitrogens is 1. The molecule has 0 aliphatic rings. The molecule has 23 heavy (non-hydrogen) atoms. The molecule has 0 aliphatic carbocycles. The predicted molar refractivity (Wildman–Crippen MR) is 86.3 cm³/mol. The van der Waals surface area contributed by atoms with Crippen LogP contribution in [0.25, 0.3) is 0 Å². The Kier molecular flexibility index (Phi) is 4.10. The lowest BCUT2D eigenvalue weighted by Crippen LogP contribution is -2.33. The molecule has 0 spiro atoms. The van der Waals surface area contributed by atoms with E-state index in [-0.39, 0.29) is 5.56 Å². The molecular weight excluding hydrogens is 292 g/mol. The van der Waals surface area contributed by atoms with Crippen molar-refractivity contribution in [3.63, 3.8) is 0 Å². The van der Waals surface area contributed by atoms with E-state index >= 15 is 0 Å². The van der Waals surface area contributed by atoms with Crippen molar-refractivity contribution in [3.8, 4) is 0 Å². The lowest BCUT2D eigenvalue weighted by atomic mass is 10.0. The zero-order chi connectivity index (χ0) is 16.2. The Morgan fingerprint density at radius 1 is 1.09 bits per heavy atom. The Balaban J connectivity index is 1.93. The van der Waals surface area contributed by atoms with Crippen LogP contribution in [0.4, 0.5) is 0 Å². The highest BCUT2D eigenvalue weighted by molar-refractivity contribution is 5.94. The van der Waals surface area contributed by atoms with Gasteiger partial charge in [0.05, 0.1) is 6.26 Å². The minimum atomic E-state index is -0.459. The molecule has 2 N–H and O–H groups in total. The normalized spacial score (nSPS) is 11.9. The molecule has 0 saturated heterocycles. The van der Waals surface area contributed by atoms with Gasteiger partial charge in [-0.25, -0.2) is 0 Å². The summed E-state index contributed by atoms with van der Waals surface area (Å²) in [5.41, 5.74) is 1.24. The van der Waals surface area contributed by atoms with Gasteiger partial charge in [0, 0.05) is 5.69 Å². The molecule has 0 aliphatic heterocycles. The fraction of sp³-hybridized carbons (Fsp3) is 0.111. The summed E-state index contributed by atoms with van der Waals surface area (Å²) in [6, 6.07) is 15.8. The van der Waals surface area contributed by atoms with Crippen LogP contribution in [-0.2, 0) is 0 Å². The van der Waals surface area contributed by atoms with Gasteiger partial charge in [-0.2, -0.15) is 0 Å². The van der Waals surface area contributed by atoms with E-state index in [1.165, 1.54) is 6.07 Å². The number of rotatable bonds is 4. The van der Waals surface area contributed by atoms with Crippen molar-refractivity contribution >= 4 is 5.91 Å². The topological polar surface area (TPSA) is 75.1 Å². The van der Waals surface area contributed by atoms with Gasteiger partial charge < -0.3 is 14.7 Å². The number of hydrogen-bond acceptors (Lipinski definition) is 3. The standard InChI is InChI=1S/C18H16N2O3/c1-12-9-10-14(17(21)19-12)18(22)20-16(15-8-5-11-23-15)13-6-3-2-4-7-13/h2-11,16H,1H3,(H,19,21)(H,20,22)/t16-/m1/s1. The number of carbonyl (C=O) groups is 1. The van der Waals surface area contributed by atoms with Gasteiger partial charge in [0.1, 0.15) is 17.4 Å². The van der Waals surface area contributed by atoms with E-state index in [1.54, 1.807) is 31.4 Å². The van der Waals surface area contributed by atoms with Crippen molar-refractivity contribution < 1.29 is 9.21 Å². The third-order valence-corrected chi connectivity index (χ3v) is 3.54. The van der Waals surface area contributed by atoms with Crippen LogP contribution in [0.2, 0.25) is 0 Å². The molecule has 0 fully saturated rings. The van der Waals surface area contributed by atoms with Crippen molar-refractivity contribution in [1.29, 1.82) is 0 Å². The molecule has 0 radical (unpaired) electrons. The second-order valence-electron chi connectivity index (χ2n) is 5.22. The van der Waals surface area contributed by atoms with Gasteiger partial charge in [-0.3, -0.25) is 9.59 Å². The number of H-pyrrole nitrogens is 1. The molecule has 5 heteroatoms. The van der Waals surface area contributed by atoms with Crippen molar-refractivity contribution in [2.45, 2.75) is 13.0 Å². The van der Waals surface area contributed by atoms with Crippen LogP contribution < -0.4 is 10.9 Å². The van der Waals surface area contributed by atoms with Gasteiger partial charge >= 0.3 is 0 Å². The van der Waals surface area contributed by atoms with E-state index in [1.807, 2.05) is 30.3 Å². The van der Waals surface area contributed by atoms with E-state index in [2.05, 4.69) is 10.3 Å². The maximum atomic E-state index is 12.5. The van der Waals surface area contributed by atoms with E-state index in [0.29, 0.717) is 11.5 Å². The molecule has 1 atom stereocenters. The number of amides is 1. The molecule has 1 aromatic carbocycles. The summed E-state index contributed by atoms with van der Waals surface area (Å²) in [4.78, 5) is 27.1. The maximum Gasteiger partial charge on any atom is 0.260 e. The summed E-state index contributed by atoms with van der Waals surface area (Å²) >= 11 is 0. The number of benzene rings is 1. The first-order valence-corrected chi connectivity index (χ1v) is 7.24. The summed E-state index contributed by atoms with van der Waals surface area (Å²) in [6.07, 6.45) is 1.55. The van der Waals surface area contributed by atoms with Crippen LogP contribution in [0.5, 0.6) is 0 Å². The van der Waals surface area contributed by atoms with Crippen LogP contribution in [0.1, 0.15) is 33.4 Å². The molecule has 3 aromatic rings. The van der Waals surface area contributed by atoms with Gasteiger partial charge in [0.25, 0.3) is 11.5 Å². The summed E-state index contributed by atoms with van der Waals surface area (Å²) < 4.78 is 5.44. The first-order valence-electron chi connectivity index (χ1n) is 7.24. The number of aryl methyl sites for hydroxylation is 1. The maximum absolute atomic E-state index is 12.5. The Bertz CT molecular complexity index is 851. The lowest BCUT2D eigenvalue weighted by Gasteiger charge is -2.17. The highest BCUT2D eigenvalue weighted by Crippen LogP contribution is 2.22. The summed E-state index contributed by atoms with van der Waals surface area (Å²) in [7, 11) is 0. The Labute approximate surface area is 133 Å². The average Bonchev–Trinajstić information content (AvgIpc) is 3.07. The third-order valence-electron chi connectivity index (χ3n) is 3.54. The van der Waals surface area contributed by atoms with Gasteiger partial charge in [-0.15, -0.1) is 0 Å². The zero-order valence-corrected chi connectivity index (χ0v) is 12.6. The molecular formula is C18H16N2O3. The monoisotopic (exact) mass is 308 g/mol. The first kappa shape index (κ1) is 14.8. The van der Waals surface area contributed by atoms with E-state index in [9.17, 15) is 9.59 Å². The second kappa shape index (κ2) is 6.36. The SMILES string of the molecule is Cc1ccc(C(=O)N[C@H](c2ccccc2)c2ccco2)c(=O)[nH]1. The number of pyridine rings is 1. The highest BCUT2D eigenvalue weighted by Gasteiger charge is 2.21. The van der Waals surface area contributed by atoms with Crippen molar-refractivity contribution in [2.24, 2.45) is 0 Å². The molecule has 0 saturated carbocycles. The van der Waals surface area contributed by atoms with Crippen molar-refractivity contribution in [2.75, 3.05) is 0 Å². The summed E-state index contributed by atoms with van der Waals surface area (Å²) in [6.45, 7) is 1.76. The van der Waals surface area contributed by atoms with Gasteiger partial charge in [0.2, 0.25) is 0 Å². The van der Waals surface area contributed by atoms with Gasteiger partial charge in [0.15, 0.2) is 0 Å². The molecule has 2 aromatic heterocycles. The first-order chi connectivity index (χ1) is 11.1. The molecule has 0 bridgehead atoms. The fourth-order valence-corrected chi connectivity index (χ4v) is 2.38. The van der Waals surface area contributed by atoms with Gasteiger partial charge in [-0.1, -0.05) is 30.3 Å². The summed E-state index contributed by atoms with van der Waals surface area (Å²) in [5, 5.41) is 2.86. The second-order valence-corrected chi connectivity index (χ2v) is 5.22. The predicted octanol–water partition coefficient (Wildman–Crippen LogP) is 2.80. The smallest absolute Gasteiger partial charge is 0.260 e. The molecule has 0 unspecified atom stereocenters. The van der Waals surface area contributed by atoms with Crippen molar-refractivity contribution in [3.05, 3.63) is 93.8 Å². The van der Waals surface area contributed by atoms with E-state index in [0.717, 1.165) is 5.56 Å².